The summed E-state index contributed by atoms with van der Waals surface area (Å²) in [4.78, 5) is 24.2. The molecule has 0 atom stereocenters. The minimum Gasteiger partial charge on any atom is -0.392 e. The van der Waals surface area contributed by atoms with Crippen LogP contribution in [0.15, 0.2) is 22.7 Å². The number of rotatable bonds is 2. The van der Waals surface area contributed by atoms with Crippen molar-refractivity contribution in [3.8, 4) is 0 Å². The number of piperazine rings is 1. The van der Waals surface area contributed by atoms with E-state index in [1.54, 1.807) is 17.0 Å². The van der Waals surface area contributed by atoms with E-state index >= 15 is 0 Å². The zero-order chi connectivity index (χ0) is 12.4. The van der Waals surface area contributed by atoms with Crippen molar-refractivity contribution in [2.45, 2.75) is 6.61 Å². The zero-order valence-electron chi connectivity index (χ0n) is 8.94. The average molecular weight is 299 g/mol. The van der Waals surface area contributed by atoms with Crippen molar-refractivity contribution in [2.24, 2.45) is 0 Å². The van der Waals surface area contributed by atoms with Gasteiger partial charge in [0, 0.05) is 15.7 Å². The molecule has 1 aliphatic heterocycles. The Bertz CT molecular complexity index is 460. The molecule has 1 saturated heterocycles. The van der Waals surface area contributed by atoms with E-state index in [9.17, 15) is 14.7 Å². The second-order valence-corrected chi connectivity index (χ2v) is 4.67. The molecular formula is C11H11BrN2O3. The summed E-state index contributed by atoms with van der Waals surface area (Å²) in [6.07, 6.45) is 0. The van der Waals surface area contributed by atoms with Gasteiger partial charge < -0.3 is 10.0 Å². The minimum absolute atomic E-state index is 0.125. The number of anilines is 1. The number of hydrogen-bond acceptors (Lipinski definition) is 4. The van der Waals surface area contributed by atoms with Crippen molar-refractivity contribution in [1.82, 2.24) is 5.32 Å². The number of hydrogen-bond donors (Lipinski definition) is 2. The molecule has 0 unspecified atom stereocenters. The third kappa shape index (κ3) is 2.65. The Kier molecular flexibility index (Phi) is 3.44. The van der Waals surface area contributed by atoms with Crippen LogP contribution in [0.5, 0.6) is 0 Å². The fourth-order valence-electron chi connectivity index (χ4n) is 1.80. The van der Waals surface area contributed by atoms with Gasteiger partial charge in [0.2, 0.25) is 11.8 Å². The molecule has 90 valence electrons. The third-order valence-electron chi connectivity index (χ3n) is 2.50. The number of nitrogens with zero attached hydrogens (tertiary/aromatic N) is 1. The molecular weight excluding hydrogens is 288 g/mol. The number of aliphatic hydroxyl groups excluding tert-OH is 1. The molecule has 0 aliphatic carbocycles. The Morgan fingerprint density at radius 2 is 1.94 bits per heavy atom. The van der Waals surface area contributed by atoms with Crippen LogP contribution in [0.4, 0.5) is 5.69 Å². The summed E-state index contributed by atoms with van der Waals surface area (Å²) in [5.74, 6) is -0.652. The van der Waals surface area contributed by atoms with Gasteiger partial charge in [0.15, 0.2) is 0 Å². The molecule has 0 radical (unpaired) electrons. The normalized spacial score (nSPS) is 16.0. The van der Waals surface area contributed by atoms with Gasteiger partial charge in [-0.05, 0) is 18.2 Å². The number of amides is 2. The fourth-order valence-corrected chi connectivity index (χ4v) is 2.21. The topological polar surface area (TPSA) is 69.6 Å². The summed E-state index contributed by atoms with van der Waals surface area (Å²) in [6, 6.07) is 5.36. The molecule has 6 heteroatoms. The Labute approximate surface area is 107 Å². The van der Waals surface area contributed by atoms with Gasteiger partial charge in [-0.3, -0.25) is 14.9 Å². The molecule has 0 aromatic heterocycles. The fraction of sp³-hybridized carbons (Fsp3) is 0.273. The van der Waals surface area contributed by atoms with Gasteiger partial charge in [-0.1, -0.05) is 15.9 Å². The van der Waals surface area contributed by atoms with Crippen LogP contribution in [0.3, 0.4) is 0 Å². The molecule has 0 saturated carbocycles. The second kappa shape index (κ2) is 4.85. The first-order valence-corrected chi connectivity index (χ1v) is 5.86. The Morgan fingerprint density at radius 1 is 1.29 bits per heavy atom. The van der Waals surface area contributed by atoms with E-state index < -0.39 is 0 Å². The molecule has 1 aliphatic rings. The predicted octanol–water partition coefficient (Wildman–Crippen LogP) is 0.404. The first-order valence-electron chi connectivity index (χ1n) is 5.07. The van der Waals surface area contributed by atoms with Gasteiger partial charge >= 0.3 is 0 Å². The van der Waals surface area contributed by atoms with Crippen molar-refractivity contribution in [3.63, 3.8) is 0 Å². The maximum absolute atomic E-state index is 11.3. The van der Waals surface area contributed by atoms with E-state index in [1.165, 1.54) is 0 Å². The number of benzene rings is 1. The lowest BCUT2D eigenvalue weighted by Crippen LogP contribution is -2.51. The summed E-state index contributed by atoms with van der Waals surface area (Å²) >= 11 is 3.31. The number of nitrogens with one attached hydrogen (secondary N) is 1. The summed E-state index contributed by atoms with van der Waals surface area (Å²) in [7, 11) is 0. The summed E-state index contributed by atoms with van der Waals surface area (Å²) in [5.41, 5.74) is 1.39. The van der Waals surface area contributed by atoms with Crippen LogP contribution in [0, 0.1) is 0 Å². The monoisotopic (exact) mass is 298 g/mol. The van der Waals surface area contributed by atoms with Crippen LogP contribution in [0.2, 0.25) is 0 Å². The molecule has 5 nitrogen and oxygen atoms in total. The highest BCUT2D eigenvalue weighted by atomic mass is 79.9. The van der Waals surface area contributed by atoms with Crippen LogP contribution < -0.4 is 10.2 Å². The van der Waals surface area contributed by atoms with Crippen LogP contribution in [-0.2, 0) is 16.2 Å². The SMILES string of the molecule is O=C1CN(c2ccc(Br)cc2CO)CC(=O)N1. The first-order chi connectivity index (χ1) is 8.10. The number of halogens is 1. The Morgan fingerprint density at radius 3 is 2.53 bits per heavy atom. The van der Waals surface area contributed by atoms with E-state index in [1.807, 2.05) is 6.07 Å². The van der Waals surface area contributed by atoms with E-state index in [-0.39, 0.29) is 31.5 Å². The summed E-state index contributed by atoms with van der Waals surface area (Å²) in [6.45, 7) is 0.113. The Balaban J connectivity index is 2.32. The first kappa shape index (κ1) is 12.1. The molecule has 2 N–H and O–H groups in total. The van der Waals surface area contributed by atoms with E-state index in [0.717, 1.165) is 4.47 Å². The van der Waals surface area contributed by atoms with Gasteiger partial charge in [-0.15, -0.1) is 0 Å². The third-order valence-corrected chi connectivity index (χ3v) is 2.99. The van der Waals surface area contributed by atoms with Crippen molar-refractivity contribution >= 4 is 33.4 Å². The maximum Gasteiger partial charge on any atom is 0.246 e. The van der Waals surface area contributed by atoms with Gasteiger partial charge in [0.1, 0.15) is 0 Å². The standard InChI is InChI=1S/C11H11BrN2O3/c12-8-1-2-9(7(3-8)6-15)14-4-10(16)13-11(17)5-14/h1-3,15H,4-6H2,(H,13,16,17). The molecule has 0 spiro atoms. The van der Waals surface area contributed by atoms with Crippen molar-refractivity contribution in [1.29, 1.82) is 0 Å². The van der Waals surface area contributed by atoms with Crippen molar-refractivity contribution in [2.75, 3.05) is 18.0 Å². The Hall–Kier alpha value is -1.40. The average Bonchev–Trinajstić information content (AvgIpc) is 2.27. The molecule has 1 aromatic rings. The lowest BCUT2D eigenvalue weighted by molar-refractivity contribution is -0.130. The van der Waals surface area contributed by atoms with E-state index in [4.69, 9.17) is 0 Å². The van der Waals surface area contributed by atoms with Gasteiger partial charge in [0.05, 0.1) is 19.7 Å². The van der Waals surface area contributed by atoms with Crippen LogP contribution in [0.1, 0.15) is 5.56 Å². The largest absolute Gasteiger partial charge is 0.392 e. The lowest BCUT2D eigenvalue weighted by atomic mass is 10.1. The van der Waals surface area contributed by atoms with Gasteiger partial charge in [0.25, 0.3) is 0 Å². The van der Waals surface area contributed by atoms with Gasteiger partial charge in [-0.25, -0.2) is 0 Å². The molecule has 17 heavy (non-hydrogen) atoms. The summed E-state index contributed by atoms with van der Waals surface area (Å²) < 4.78 is 0.845. The second-order valence-electron chi connectivity index (χ2n) is 3.76. The smallest absolute Gasteiger partial charge is 0.246 e. The van der Waals surface area contributed by atoms with Crippen molar-refractivity contribution in [3.05, 3.63) is 28.2 Å². The van der Waals surface area contributed by atoms with Gasteiger partial charge in [-0.2, -0.15) is 0 Å². The highest BCUT2D eigenvalue weighted by molar-refractivity contribution is 9.10. The molecule has 2 rings (SSSR count). The lowest BCUT2D eigenvalue weighted by Gasteiger charge is -2.29. The molecule has 0 bridgehead atoms. The minimum atomic E-state index is -0.326. The number of carbonyl (C=O) groups is 2. The van der Waals surface area contributed by atoms with Crippen LogP contribution in [-0.4, -0.2) is 30.0 Å². The predicted molar refractivity (Wildman–Crippen MR) is 65.4 cm³/mol. The number of carbonyl (C=O) groups excluding carboxylic acids is 2. The molecule has 1 heterocycles. The number of aliphatic hydroxyl groups is 1. The van der Waals surface area contributed by atoms with Crippen LogP contribution in [0.25, 0.3) is 0 Å². The maximum atomic E-state index is 11.3. The summed E-state index contributed by atoms with van der Waals surface area (Å²) in [5, 5.41) is 11.5. The van der Waals surface area contributed by atoms with Crippen molar-refractivity contribution < 1.29 is 14.7 Å². The van der Waals surface area contributed by atoms with E-state index in [0.29, 0.717) is 11.3 Å². The molecule has 1 fully saturated rings. The van der Waals surface area contributed by atoms with Crippen LogP contribution >= 0.6 is 15.9 Å². The molecule has 1 aromatic carbocycles. The molecule has 2 amide bonds. The highest BCUT2D eigenvalue weighted by Crippen LogP contribution is 2.25. The van der Waals surface area contributed by atoms with E-state index in [2.05, 4.69) is 21.2 Å². The highest BCUT2D eigenvalue weighted by Gasteiger charge is 2.24. The zero-order valence-corrected chi connectivity index (χ0v) is 10.5. The quantitative estimate of drug-likeness (QED) is 0.776. The number of imide groups is 1.